The number of ether oxygens (including phenoxy) is 2. The van der Waals surface area contributed by atoms with Crippen molar-refractivity contribution in [2.75, 3.05) is 25.6 Å². The second-order valence-corrected chi connectivity index (χ2v) is 8.52. The molecule has 0 bridgehead atoms. The number of methoxy groups -OCH3 is 1. The maximum atomic E-state index is 12.8. The highest BCUT2D eigenvalue weighted by atomic mass is 32.2. The van der Waals surface area contributed by atoms with E-state index in [1.165, 1.54) is 34.9 Å². The maximum Gasteiger partial charge on any atom is 0.413 e. The summed E-state index contributed by atoms with van der Waals surface area (Å²) >= 11 is 1.26. The molecular formula is C16H19N3O5S2. The fourth-order valence-corrected chi connectivity index (χ4v) is 5.08. The molecule has 1 amide bonds. The minimum atomic E-state index is -3.61. The average molecular weight is 397 g/mol. The average Bonchev–Trinajstić information content (AvgIpc) is 3.03. The zero-order valence-corrected chi connectivity index (χ0v) is 16.0. The van der Waals surface area contributed by atoms with E-state index >= 15 is 0 Å². The monoisotopic (exact) mass is 397 g/mol. The summed E-state index contributed by atoms with van der Waals surface area (Å²) in [6.07, 6.45) is -0.0764. The molecule has 0 spiro atoms. The van der Waals surface area contributed by atoms with Crippen LogP contribution in [0.4, 0.5) is 9.93 Å². The number of benzene rings is 1. The SMILES string of the molecule is CCOC(=O)Nc1nc2c(s1)CN(S(=O)(=O)c1ccc(OC)cc1)CC2. The second-order valence-electron chi connectivity index (χ2n) is 5.50. The first kappa shape index (κ1) is 18.6. The third kappa shape index (κ3) is 3.81. The first-order valence-electron chi connectivity index (χ1n) is 8.00. The molecule has 0 aliphatic carbocycles. The molecule has 26 heavy (non-hydrogen) atoms. The number of aromatic nitrogens is 1. The largest absolute Gasteiger partial charge is 0.497 e. The van der Waals surface area contributed by atoms with Crippen LogP contribution in [0.1, 0.15) is 17.5 Å². The van der Waals surface area contributed by atoms with Crippen molar-refractivity contribution in [3.05, 3.63) is 34.8 Å². The van der Waals surface area contributed by atoms with Crippen molar-refractivity contribution in [3.8, 4) is 5.75 Å². The Kier molecular flexibility index (Phi) is 5.44. The molecule has 1 aliphatic heterocycles. The number of nitrogens with zero attached hydrogens (tertiary/aromatic N) is 2. The van der Waals surface area contributed by atoms with Crippen LogP contribution >= 0.6 is 11.3 Å². The zero-order valence-electron chi connectivity index (χ0n) is 14.4. The lowest BCUT2D eigenvalue weighted by atomic mass is 10.2. The molecule has 1 aromatic heterocycles. The van der Waals surface area contributed by atoms with Gasteiger partial charge in [0.1, 0.15) is 5.75 Å². The Hall–Kier alpha value is -2.17. The number of fused-ring (bicyclic) bond motifs is 1. The Bertz CT molecular complexity index is 893. The van der Waals surface area contributed by atoms with Gasteiger partial charge < -0.3 is 9.47 Å². The van der Waals surface area contributed by atoms with Crippen molar-refractivity contribution in [1.82, 2.24) is 9.29 Å². The van der Waals surface area contributed by atoms with Crippen LogP contribution in [0.3, 0.4) is 0 Å². The molecule has 0 fully saturated rings. The summed E-state index contributed by atoms with van der Waals surface area (Å²) in [4.78, 5) is 16.9. The summed E-state index contributed by atoms with van der Waals surface area (Å²) < 4.78 is 37.0. The Labute approximate surface area is 155 Å². The van der Waals surface area contributed by atoms with E-state index in [4.69, 9.17) is 9.47 Å². The molecule has 0 atom stereocenters. The van der Waals surface area contributed by atoms with Gasteiger partial charge in [-0.05, 0) is 31.2 Å². The van der Waals surface area contributed by atoms with Gasteiger partial charge in [-0.15, -0.1) is 0 Å². The van der Waals surface area contributed by atoms with Gasteiger partial charge in [0.05, 0.1) is 30.9 Å². The Morgan fingerprint density at radius 3 is 2.73 bits per heavy atom. The van der Waals surface area contributed by atoms with Crippen LogP contribution in [0, 0.1) is 0 Å². The quantitative estimate of drug-likeness (QED) is 0.832. The van der Waals surface area contributed by atoms with Gasteiger partial charge in [0.25, 0.3) is 0 Å². The summed E-state index contributed by atoms with van der Waals surface area (Å²) in [6.45, 7) is 2.55. The Morgan fingerprint density at radius 1 is 1.35 bits per heavy atom. The molecule has 140 valence electrons. The van der Waals surface area contributed by atoms with Crippen molar-refractivity contribution in [2.45, 2.75) is 24.8 Å². The number of nitrogens with one attached hydrogen (secondary N) is 1. The predicted molar refractivity (Wildman–Crippen MR) is 97.1 cm³/mol. The fourth-order valence-electron chi connectivity index (χ4n) is 2.58. The highest BCUT2D eigenvalue weighted by Crippen LogP contribution is 2.31. The number of amides is 1. The van der Waals surface area contributed by atoms with Gasteiger partial charge in [0, 0.05) is 17.8 Å². The standard InChI is InChI=1S/C16H19N3O5S2/c1-3-24-16(20)18-15-17-13-8-9-19(10-14(13)25-15)26(21,22)12-6-4-11(23-2)5-7-12/h4-7H,3,8-10H2,1-2H3,(H,17,18,20). The number of carbonyl (C=O) groups is 1. The van der Waals surface area contributed by atoms with Crippen molar-refractivity contribution in [1.29, 1.82) is 0 Å². The third-order valence-corrected chi connectivity index (χ3v) is 6.74. The van der Waals surface area contributed by atoms with E-state index in [1.807, 2.05) is 0 Å². The van der Waals surface area contributed by atoms with Crippen LogP contribution < -0.4 is 10.1 Å². The molecule has 8 nitrogen and oxygen atoms in total. The number of rotatable bonds is 5. The second kappa shape index (κ2) is 7.60. The van der Waals surface area contributed by atoms with Crippen molar-refractivity contribution in [3.63, 3.8) is 0 Å². The van der Waals surface area contributed by atoms with E-state index in [-0.39, 0.29) is 18.0 Å². The lowest BCUT2D eigenvalue weighted by Crippen LogP contribution is -2.35. The maximum absolute atomic E-state index is 12.8. The zero-order chi connectivity index (χ0) is 18.7. The van der Waals surface area contributed by atoms with Crippen LogP contribution in [0.2, 0.25) is 0 Å². The number of carbonyl (C=O) groups excluding carboxylic acids is 1. The molecule has 3 rings (SSSR count). The van der Waals surface area contributed by atoms with Crippen LogP contribution in [0.25, 0.3) is 0 Å². The summed E-state index contributed by atoms with van der Waals surface area (Å²) in [6, 6.07) is 6.31. The summed E-state index contributed by atoms with van der Waals surface area (Å²) in [5.74, 6) is 0.599. The number of hydrogen-bond donors (Lipinski definition) is 1. The molecule has 2 heterocycles. The highest BCUT2D eigenvalue weighted by molar-refractivity contribution is 7.89. The molecule has 1 aliphatic rings. The molecule has 1 N–H and O–H groups in total. The molecule has 10 heteroatoms. The van der Waals surface area contributed by atoms with Crippen molar-refractivity contribution >= 4 is 32.6 Å². The number of anilines is 1. The van der Waals surface area contributed by atoms with Gasteiger partial charge in [-0.25, -0.2) is 18.2 Å². The van der Waals surface area contributed by atoms with Gasteiger partial charge in [-0.1, -0.05) is 11.3 Å². The normalized spacial score (nSPS) is 14.5. The Morgan fingerprint density at radius 2 is 2.08 bits per heavy atom. The fraction of sp³-hybridized carbons (Fsp3) is 0.375. The van der Waals surface area contributed by atoms with E-state index in [0.29, 0.717) is 23.8 Å². The number of sulfonamides is 1. The minimum Gasteiger partial charge on any atom is -0.497 e. The smallest absolute Gasteiger partial charge is 0.413 e. The third-order valence-electron chi connectivity index (χ3n) is 3.88. The van der Waals surface area contributed by atoms with Gasteiger partial charge in [-0.2, -0.15) is 4.31 Å². The molecule has 0 saturated heterocycles. The number of hydrogen-bond acceptors (Lipinski definition) is 7. The molecule has 2 aromatic rings. The molecule has 0 radical (unpaired) electrons. The van der Waals surface area contributed by atoms with E-state index in [2.05, 4.69) is 10.3 Å². The van der Waals surface area contributed by atoms with Crippen LogP contribution in [-0.2, 0) is 27.7 Å². The van der Waals surface area contributed by atoms with Crippen LogP contribution in [-0.4, -0.2) is 44.1 Å². The molecular weight excluding hydrogens is 378 g/mol. The van der Waals surface area contributed by atoms with E-state index in [1.54, 1.807) is 19.1 Å². The summed E-state index contributed by atoms with van der Waals surface area (Å²) in [5.41, 5.74) is 0.808. The van der Waals surface area contributed by atoms with Crippen molar-refractivity contribution in [2.24, 2.45) is 0 Å². The molecule has 0 saturated carbocycles. The molecule has 0 unspecified atom stereocenters. The van der Waals surface area contributed by atoms with E-state index in [9.17, 15) is 13.2 Å². The first-order valence-corrected chi connectivity index (χ1v) is 10.3. The molecule has 1 aromatic carbocycles. The first-order chi connectivity index (χ1) is 12.4. The van der Waals surface area contributed by atoms with E-state index < -0.39 is 16.1 Å². The Balaban J connectivity index is 1.76. The number of thiazole rings is 1. The topological polar surface area (TPSA) is 97.8 Å². The van der Waals surface area contributed by atoms with Gasteiger partial charge in [0.15, 0.2) is 5.13 Å². The minimum absolute atomic E-state index is 0.219. The predicted octanol–water partition coefficient (Wildman–Crippen LogP) is 2.47. The van der Waals surface area contributed by atoms with Gasteiger partial charge in [0.2, 0.25) is 10.0 Å². The lowest BCUT2D eigenvalue weighted by Gasteiger charge is -2.25. The van der Waals surface area contributed by atoms with Crippen LogP contribution in [0.15, 0.2) is 29.2 Å². The van der Waals surface area contributed by atoms with E-state index in [0.717, 1.165) is 10.6 Å². The lowest BCUT2D eigenvalue weighted by molar-refractivity contribution is 0.168. The highest BCUT2D eigenvalue weighted by Gasteiger charge is 2.30. The van der Waals surface area contributed by atoms with Crippen molar-refractivity contribution < 1.29 is 22.7 Å². The van der Waals surface area contributed by atoms with Crippen LogP contribution in [0.5, 0.6) is 5.75 Å². The summed E-state index contributed by atoms with van der Waals surface area (Å²) in [5, 5.41) is 2.98. The van der Waals surface area contributed by atoms with Gasteiger partial charge in [-0.3, -0.25) is 5.32 Å². The van der Waals surface area contributed by atoms with Gasteiger partial charge >= 0.3 is 6.09 Å². The summed E-state index contributed by atoms with van der Waals surface area (Å²) in [7, 11) is -2.08.